The van der Waals surface area contributed by atoms with Gasteiger partial charge in [0, 0.05) is 12.8 Å². The highest BCUT2D eigenvalue weighted by molar-refractivity contribution is 5.76. The van der Waals surface area contributed by atoms with Crippen molar-refractivity contribution in [3.8, 4) is 0 Å². The second-order valence-corrected chi connectivity index (χ2v) is 22.8. The topological polar surface area (TPSA) is 95.9 Å². The molecule has 0 rings (SSSR count). The van der Waals surface area contributed by atoms with Gasteiger partial charge in [0.05, 0.1) is 25.4 Å². The second-order valence-electron chi connectivity index (χ2n) is 22.8. The number of hydrogen-bond acceptors (Lipinski definition) is 5. The summed E-state index contributed by atoms with van der Waals surface area (Å²) in [6.07, 6.45) is 82.8. The highest BCUT2D eigenvalue weighted by Crippen LogP contribution is 2.18. The molecule has 0 aromatic heterocycles. The lowest BCUT2D eigenvalue weighted by Gasteiger charge is -2.22. The summed E-state index contributed by atoms with van der Waals surface area (Å²) in [5.74, 6) is -0.0440. The Morgan fingerprint density at radius 1 is 0.373 bits per heavy atom. The Bertz CT molecular complexity index is 1260. The van der Waals surface area contributed by atoms with Gasteiger partial charge in [-0.15, -0.1) is 0 Å². The fourth-order valence-corrected chi connectivity index (χ4v) is 10.2. The van der Waals surface area contributed by atoms with E-state index in [1.165, 1.54) is 263 Å². The fourth-order valence-electron chi connectivity index (χ4n) is 10.2. The van der Waals surface area contributed by atoms with Crippen molar-refractivity contribution >= 4 is 11.9 Å². The SMILES string of the molecule is CCCCC/C=C\C/C=C\CCCCCCCC(=O)OCCCCCCCCCCC/C=C\C/C=C\CCCCCCCCCCCC(=O)NC(CO)C(O)CCCCCCCCCCCCCCCCCCCC. The van der Waals surface area contributed by atoms with Gasteiger partial charge in [0.25, 0.3) is 0 Å². The summed E-state index contributed by atoms with van der Waals surface area (Å²) in [7, 11) is 0. The van der Waals surface area contributed by atoms with Crippen LogP contribution >= 0.6 is 0 Å². The maximum absolute atomic E-state index is 12.5. The molecule has 0 aliphatic heterocycles. The molecule has 75 heavy (non-hydrogen) atoms. The maximum Gasteiger partial charge on any atom is 0.305 e. The quantitative estimate of drug-likeness (QED) is 0.0320. The average Bonchev–Trinajstić information content (AvgIpc) is 3.41. The van der Waals surface area contributed by atoms with Gasteiger partial charge in [-0.25, -0.2) is 0 Å². The van der Waals surface area contributed by atoms with Crippen molar-refractivity contribution in [3.63, 3.8) is 0 Å². The number of rotatable bonds is 62. The standard InChI is InChI=1S/C69H129NO5/c1-3-5-7-9-11-13-15-17-19-20-30-34-37-41-45-49-53-57-61-67(72)66(65-71)70-68(73)62-58-54-50-46-42-38-35-31-28-26-24-22-21-23-25-27-29-32-36-40-44-48-52-56-60-64-75-69(74)63-59-55-51-47-43-39-33-18-16-14-12-10-8-6-4-2/h12,14,18,22-25,33,66-67,71-72H,3-11,13,15-17,19-21,26-32,34-65H2,1-2H3,(H,70,73)/b14-12-,24-22-,25-23-,33-18-. The predicted octanol–water partition coefficient (Wildman–Crippen LogP) is 21.3. The Hall–Kier alpha value is -2.18. The molecule has 6 nitrogen and oxygen atoms in total. The lowest BCUT2D eigenvalue weighted by atomic mass is 10.0. The first-order valence-electron chi connectivity index (χ1n) is 33.4. The molecular formula is C69H129NO5. The minimum atomic E-state index is -0.670. The van der Waals surface area contributed by atoms with Crippen molar-refractivity contribution in [1.29, 1.82) is 0 Å². The molecule has 0 saturated heterocycles. The Morgan fingerprint density at radius 2 is 0.667 bits per heavy atom. The van der Waals surface area contributed by atoms with E-state index in [2.05, 4.69) is 67.8 Å². The van der Waals surface area contributed by atoms with Gasteiger partial charge in [0.2, 0.25) is 5.91 Å². The molecule has 0 aliphatic rings. The maximum atomic E-state index is 12.5. The van der Waals surface area contributed by atoms with Gasteiger partial charge >= 0.3 is 5.97 Å². The zero-order chi connectivity index (χ0) is 54.3. The van der Waals surface area contributed by atoms with Crippen LogP contribution in [0.3, 0.4) is 0 Å². The second kappa shape index (κ2) is 64.3. The molecule has 0 heterocycles. The summed E-state index contributed by atoms with van der Waals surface area (Å²) < 4.78 is 5.48. The van der Waals surface area contributed by atoms with Crippen molar-refractivity contribution in [2.75, 3.05) is 13.2 Å². The minimum absolute atomic E-state index is 0.00499. The van der Waals surface area contributed by atoms with Crippen LogP contribution in [0.5, 0.6) is 0 Å². The molecule has 0 aromatic rings. The van der Waals surface area contributed by atoms with E-state index in [-0.39, 0.29) is 18.5 Å². The van der Waals surface area contributed by atoms with Gasteiger partial charge in [-0.3, -0.25) is 9.59 Å². The lowest BCUT2D eigenvalue weighted by molar-refractivity contribution is -0.143. The Kier molecular flexibility index (Phi) is 62.5. The molecule has 6 heteroatoms. The normalized spacial score (nSPS) is 12.9. The van der Waals surface area contributed by atoms with E-state index in [0.717, 1.165) is 57.8 Å². The van der Waals surface area contributed by atoms with Crippen LogP contribution < -0.4 is 5.32 Å². The molecule has 0 spiro atoms. The summed E-state index contributed by atoms with van der Waals surface area (Å²) in [5.41, 5.74) is 0. The van der Waals surface area contributed by atoms with Gasteiger partial charge in [0.1, 0.15) is 0 Å². The number of allylic oxidation sites excluding steroid dienone is 8. The third kappa shape index (κ3) is 60.9. The van der Waals surface area contributed by atoms with Gasteiger partial charge in [0.15, 0.2) is 0 Å². The molecule has 440 valence electrons. The van der Waals surface area contributed by atoms with Crippen LogP contribution in [-0.4, -0.2) is 47.4 Å². The van der Waals surface area contributed by atoms with E-state index in [4.69, 9.17) is 4.74 Å². The van der Waals surface area contributed by atoms with E-state index in [1.807, 2.05) is 0 Å². The Morgan fingerprint density at radius 3 is 1.04 bits per heavy atom. The van der Waals surface area contributed by atoms with E-state index in [9.17, 15) is 19.8 Å². The number of carbonyl (C=O) groups is 2. The summed E-state index contributed by atoms with van der Waals surface area (Å²) in [6, 6.07) is -0.548. The molecule has 0 aliphatic carbocycles. The number of aliphatic hydroxyl groups excluding tert-OH is 2. The number of esters is 1. The van der Waals surface area contributed by atoms with Crippen molar-refractivity contribution in [1.82, 2.24) is 5.32 Å². The highest BCUT2D eigenvalue weighted by Gasteiger charge is 2.20. The number of ether oxygens (including phenoxy) is 1. The van der Waals surface area contributed by atoms with E-state index >= 15 is 0 Å². The number of nitrogens with one attached hydrogen (secondary N) is 1. The van der Waals surface area contributed by atoms with E-state index in [1.54, 1.807) is 0 Å². The van der Waals surface area contributed by atoms with Gasteiger partial charge in [-0.05, 0) is 89.9 Å². The van der Waals surface area contributed by atoms with Crippen LogP contribution in [0.2, 0.25) is 0 Å². The summed E-state index contributed by atoms with van der Waals surface area (Å²) in [4.78, 5) is 24.6. The van der Waals surface area contributed by atoms with Gasteiger partial charge in [-0.2, -0.15) is 0 Å². The van der Waals surface area contributed by atoms with E-state index < -0.39 is 12.1 Å². The number of amides is 1. The van der Waals surface area contributed by atoms with Crippen LogP contribution in [0.25, 0.3) is 0 Å². The minimum Gasteiger partial charge on any atom is -0.466 e. The first-order valence-corrected chi connectivity index (χ1v) is 33.4. The molecular weight excluding hydrogens is 923 g/mol. The molecule has 3 N–H and O–H groups in total. The monoisotopic (exact) mass is 1050 g/mol. The average molecular weight is 1050 g/mol. The van der Waals surface area contributed by atoms with Crippen molar-refractivity contribution in [2.24, 2.45) is 0 Å². The summed E-state index contributed by atoms with van der Waals surface area (Å²) >= 11 is 0. The number of unbranched alkanes of at least 4 members (excludes halogenated alkanes) is 43. The van der Waals surface area contributed by atoms with Crippen molar-refractivity contribution < 1.29 is 24.5 Å². The zero-order valence-corrected chi connectivity index (χ0v) is 50.3. The molecule has 0 radical (unpaired) electrons. The molecule has 1 amide bonds. The van der Waals surface area contributed by atoms with Gasteiger partial charge in [-0.1, -0.05) is 300 Å². The first-order chi connectivity index (χ1) is 37.0. The summed E-state index contributed by atoms with van der Waals surface area (Å²) in [6.45, 7) is 4.93. The Balaban J connectivity index is 3.44. The number of hydrogen-bond donors (Lipinski definition) is 3. The molecule has 0 fully saturated rings. The third-order valence-electron chi connectivity index (χ3n) is 15.4. The molecule has 0 saturated carbocycles. The molecule has 0 bridgehead atoms. The van der Waals surface area contributed by atoms with Crippen LogP contribution in [0.4, 0.5) is 0 Å². The predicted molar refractivity (Wildman–Crippen MR) is 329 cm³/mol. The lowest BCUT2D eigenvalue weighted by Crippen LogP contribution is -2.45. The van der Waals surface area contributed by atoms with Crippen molar-refractivity contribution in [2.45, 2.75) is 366 Å². The van der Waals surface area contributed by atoms with Crippen LogP contribution in [0.15, 0.2) is 48.6 Å². The van der Waals surface area contributed by atoms with Gasteiger partial charge < -0.3 is 20.3 Å². The fraction of sp³-hybridized carbons (Fsp3) is 0.855. The molecule has 2 unspecified atom stereocenters. The van der Waals surface area contributed by atoms with Crippen LogP contribution in [0.1, 0.15) is 354 Å². The Labute approximate surface area is 467 Å². The smallest absolute Gasteiger partial charge is 0.305 e. The first kappa shape index (κ1) is 72.8. The molecule has 0 aromatic carbocycles. The third-order valence-corrected chi connectivity index (χ3v) is 15.4. The van der Waals surface area contributed by atoms with Crippen LogP contribution in [-0.2, 0) is 14.3 Å². The largest absolute Gasteiger partial charge is 0.466 e. The van der Waals surface area contributed by atoms with E-state index in [0.29, 0.717) is 25.9 Å². The zero-order valence-electron chi connectivity index (χ0n) is 50.3. The van der Waals surface area contributed by atoms with Crippen LogP contribution in [0, 0.1) is 0 Å². The molecule has 2 atom stereocenters. The van der Waals surface area contributed by atoms with Crippen molar-refractivity contribution in [3.05, 3.63) is 48.6 Å². The number of aliphatic hydroxyl groups is 2. The highest BCUT2D eigenvalue weighted by atomic mass is 16.5. The summed E-state index contributed by atoms with van der Waals surface area (Å²) in [5, 5.41) is 23.4. The number of carbonyl (C=O) groups excluding carboxylic acids is 2.